The molecule has 0 spiro atoms. The SMILES string of the molecule is COc1ccc(NC(=O)Nc2ccc3c(c2)C(=O)N([C@H](C)CO)C[C@@H](C)[C@@H](CN(C)S(=O)(=O)c2ccc(OC)cc2)O3)cc1. The van der Waals surface area contributed by atoms with Crippen LogP contribution in [0.2, 0.25) is 0 Å². The number of nitrogens with zero attached hydrogens (tertiary/aromatic N) is 2. The summed E-state index contributed by atoms with van der Waals surface area (Å²) in [6, 6.07) is 16.6. The number of aliphatic hydroxyl groups excluding tert-OH is 1. The molecule has 0 aliphatic carbocycles. The van der Waals surface area contributed by atoms with Gasteiger partial charge in [-0.05, 0) is 73.7 Å². The van der Waals surface area contributed by atoms with E-state index in [-0.39, 0.29) is 47.7 Å². The van der Waals surface area contributed by atoms with Crippen molar-refractivity contribution in [1.82, 2.24) is 9.21 Å². The van der Waals surface area contributed by atoms with Gasteiger partial charge < -0.3 is 34.9 Å². The number of benzene rings is 3. The number of carbonyl (C=O) groups is 2. The van der Waals surface area contributed by atoms with Crippen LogP contribution in [-0.2, 0) is 10.0 Å². The fourth-order valence-corrected chi connectivity index (χ4v) is 5.95. The third-order valence-corrected chi connectivity index (χ3v) is 9.31. The number of ether oxygens (including phenoxy) is 3. The predicted octanol–water partition coefficient (Wildman–Crippen LogP) is 3.89. The van der Waals surface area contributed by atoms with Crippen LogP contribution in [0.3, 0.4) is 0 Å². The minimum Gasteiger partial charge on any atom is -0.497 e. The Morgan fingerprint density at radius 1 is 1.02 bits per heavy atom. The van der Waals surface area contributed by atoms with E-state index >= 15 is 0 Å². The van der Waals surface area contributed by atoms with E-state index in [9.17, 15) is 23.1 Å². The summed E-state index contributed by atoms with van der Waals surface area (Å²) in [5.74, 6) is 0.732. The number of hydrogen-bond acceptors (Lipinski definition) is 8. The number of anilines is 2. The van der Waals surface area contributed by atoms with Crippen LogP contribution in [0.25, 0.3) is 0 Å². The van der Waals surface area contributed by atoms with Gasteiger partial charge in [0.05, 0.1) is 43.9 Å². The number of nitrogens with one attached hydrogen (secondary N) is 2. The average Bonchev–Trinajstić information content (AvgIpc) is 3.02. The maximum absolute atomic E-state index is 13.7. The van der Waals surface area contributed by atoms with Crippen molar-refractivity contribution in [2.45, 2.75) is 30.9 Å². The Morgan fingerprint density at radius 2 is 1.59 bits per heavy atom. The fraction of sp³-hybridized carbons (Fsp3) is 0.355. The number of likely N-dealkylation sites (N-methyl/N-ethyl adjacent to an activating group) is 1. The molecule has 3 amide bonds. The minimum atomic E-state index is -3.86. The van der Waals surface area contributed by atoms with Gasteiger partial charge in [0, 0.05) is 30.9 Å². The molecular formula is C31H38N4O8S. The Morgan fingerprint density at radius 3 is 2.18 bits per heavy atom. The van der Waals surface area contributed by atoms with Crippen molar-refractivity contribution in [3.8, 4) is 17.2 Å². The molecule has 0 unspecified atom stereocenters. The van der Waals surface area contributed by atoms with Crippen molar-refractivity contribution in [2.24, 2.45) is 5.92 Å². The highest BCUT2D eigenvalue weighted by atomic mass is 32.2. The van der Waals surface area contributed by atoms with Gasteiger partial charge in [0.2, 0.25) is 10.0 Å². The van der Waals surface area contributed by atoms with Crippen molar-refractivity contribution in [3.05, 3.63) is 72.3 Å². The molecule has 236 valence electrons. The molecule has 1 heterocycles. The van der Waals surface area contributed by atoms with Crippen molar-refractivity contribution < 1.29 is 37.3 Å². The number of aliphatic hydroxyl groups is 1. The highest BCUT2D eigenvalue weighted by molar-refractivity contribution is 7.89. The molecule has 0 saturated heterocycles. The lowest BCUT2D eigenvalue weighted by molar-refractivity contribution is 0.0387. The standard InChI is InChI=1S/C31H38N4O8S/c1-20-17-35(21(2)19-36)30(37)27-16-23(33-31(38)32-22-6-9-24(41-4)10-7-22)8-15-28(27)43-29(20)18-34(3)44(39,40)26-13-11-25(42-5)12-14-26/h6-16,20-21,29,36H,17-19H2,1-5H3,(H2,32,33,38)/t20-,21-,29-/m1/s1. The van der Waals surface area contributed by atoms with Crippen molar-refractivity contribution >= 4 is 33.3 Å². The lowest BCUT2D eigenvalue weighted by Gasteiger charge is -2.38. The van der Waals surface area contributed by atoms with Gasteiger partial charge in [-0.15, -0.1) is 0 Å². The fourth-order valence-electron chi connectivity index (χ4n) is 4.77. The average molecular weight is 627 g/mol. The first-order valence-corrected chi connectivity index (χ1v) is 15.5. The zero-order valence-corrected chi connectivity index (χ0v) is 26.1. The molecule has 1 aliphatic heterocycles. The number of methoxy groups -OCH3 is 2. The molecule has 1 aliphatic rings. The molecule has 4 rings (SSSR count). The maximum atomic E-state index is 13.7. The first-order chi connectivity index (χ1) is 21.0. The summed E-state index contributed by atoms with van der Waals surface area (Å²) in [6.45, 7) is 3.53. The monoisotopic (exact) mass is 626 g/mol. The number of amides is 3. The van der Waals surface area contributed by atoms with Gasteiger partial charge in [0.15, 0.2) is 0 Å². The van der Waals surface area contributed by atoms with Crippen LogP contribution in [0.5, 0.6) is 17.2 Å². The first kappa shape index (κ1) is 32.6. The molecule has 3 aromatic rings. The second kappa shape index (κ2) is 14.0. The van der Waals surface area contributed by atoms with Gasteiger partial charge in [-0.2, -0.15) is 4.31 Å². The summed E-state index contributed by atoms with van der Waals surface area (Å²) in [6.07, 6.45) is -0.648. The Hall–Kier alpha value is -4.33. The minimum absolute atomic E-state index is 0.00518. The molecule has 0 saturated carbocycles. The summed E-state index contributed by atoms with van der Waals surface area (Å²) in [5.41, 5.74) is 1.06. The molecule has 12 nitrogen and oxygen atoms in total. The Balaban J connectivity index is 1.59. The van der Waals surface area contributed by atoms with E-state index in [2.05, 4.69) is 10.6 Å². The molecule has 0 bridgehead atoms. The second-order valence-electron chi connectivity index (χ2n) is 10.6. The molecule has 3 atom stereocenters. The second-order valence-corrected chi connectivity index (χ2v) is 12.6. The van der Waals surface area contributed by atoms with Crippen LogP contribution in [0.15, 0.2) is 71.6 Å². The Bertz CT molecular complexity index is 1560. The zero-order valence-electron chi connectivity index (χ0n) is 25.3. The molecule has 0 fully saturated rings. The lowest BCUT2D eigenvalue weighted by Crippen LogP contribution is -2.50. The smallest absolute Gasteiger partial charge is 0.323 e. The van der Waals surface area contributed by atoms with Crippen LogP contribution in [0.1, 0.15) is 24.2 Å². The molecular weight excluding hydrogens is 588 g/mol. The van der Waals surface area contributed by atoms with Gasteiger partial charge in [-0.25, -0.2) is 13.2 Å². The van der Waals surface area contributed by atoms with Crippen LogP contribution in [-0.4, -0.2) is 87.8 Å². The van der Waals surface area contributed by atoms with E-state index < -0.39 is 28.2 Å². The van der Waals surface area contributed by atoms with E-state index in [1.807, 2.05) is 6.92 Å². The summed E-state index contributed by atoms with van der Waals surface area (Å²) in [7, 11) is 0.663. The Kier molecular flexibility index (Phi) is 10.3. The third kappa shape index (κ3) is 7.41. The van der Waals surface area contributed by atoms with Gasteiger partial charge in [0.25, 0.3) is 5.91 Å². The van der Waals surface area contributed by atoms with Crippen molar-refractivity contribution in [3.63, 3.8) is 0 Å². The van der Waals surface area contributed by atoms with E-state index in [0.29, 0.717) is 22.9 Å². The molecule has 3 aromatic carbocycles. The van der Waals surface area contributed by atoms with Crippen molar-refractivity contribution in [2.75, 3.05) is 51.6 Å². The molecule has 13 heteroatoms. The maximum Gasteiger partial charge on any atom is 0.323 e. The van der Waals surface area contributed by atoms with Gasteiger partial charge in [-0.3, -0.25) is 4.79 Å². The number of fused-ring (bicyclic) bond motifs is 1. The summed E-state index contributed by atoms with van der Waals surface area (Å²) in [4.78, 5) is 28.1. The summed E-state index contributed by atoms with van der Waals surface area (Å²) in [5, 5.41) is 15.4. The molecule has 3 N–H and O–H groups in total. The quantitative estimate of drug-likeness (QED) is 0.307. The predicted molar refractivity (Wildman–Crippen MR) is 166 cm³/mol. The molecule has 0 radical (unpaired) electrons. The van der Waals surface area contributed by atoms with Gasteiger partial charge >= 0.3 is 6.03 Å². The van der Waals surface area contributed by atoms with E-state index in [1.54, 1.807) is 62.6 Å². The number of carbonyl (C=O) groups excluding carboxylic acids is 2. The van der Waals surface area contributed by atoms with E-state index in [0.717, 1.165) is 0 Å². The van der Waals surface area contributed by atoms with E-state index in [4.69, 9.17) is 14.2 Å². The summed E-state index contributed by atoms with van der Waals surface area (Å²) >= 11 is 0. The largest absolute Gasteiger partial charge is 0.497 e. The normalized spacial score (nSPS) is 17.5. The zero-order chi connectivity index (χ0) is 32.0. The van der Waals surface area contributed by atoms with E-state index in [1.165, 1.54) is 41.6 Å². The topological polar surface area (TPSA) is 147 Å². The molecule has 44 heavy (non-hydrogen) atoms. The van der Waals surface area contributed by atoms with Crippen molar-refractivity contribution in [1.29, 1.82) is 0 Å². The highest BCUT2D eigenvalue weighted by Gasteiger charge is 2.35. The van der Waals surface area contributed by atoms with Crippen LogP contribution < -0.4 is 24.8 Å². The highest BCUT2D eigenvalue weighted by Crippen LogP contribution is 2.31. The van der Waals surface area contributed by atoms with Gasteiger partial charge in [0.1, 0.15) is 23.4 Å². The Labute approximate surface area is 257 Å². The number of sulfonamides is 1. The number of urea groups is 1. The van der Waals surface area contributed by atoms with Crippen LogP contribution in [0, 0.1) is 5.92 Å². The van der Waals surface area contributed by atoms with Gasteiger partial charge in [-0.1, -0.05) is 6.92 Å². The van der Waals surface area contributed by atoms with Crippen LogP contribution in [0.4, 0.5) is 16.2 Å². The third-order valence-electron chi connectivity index (χ3n) is 7.48. The number of hydrogen-bond donors (Lipinski definition) is 3. The summed E-state index contributed by atoms with van der Waals surface area (Å²) < 4.78 is 44.6. The molecule has 0 aromatic heterocycles. The first-order valence-electron chi connectivity index (χ1n) is 14.0. The lowest BCUT2D eigenvalue weighted by atomic mass is 9.99. The van der Waals surface area contributed by atoms with Crippen LogP contribution >= 0.6 is 0 Å². The number of rotatable bonds is 10.